The van der Waals surface area contributed by atoms with Crippen molar-refractivity contribution in [3.63, 3.8) is 0 Å². The maximum absolute atomic E-state index is 13.6. The third-order valence-electron chi connectivity index (χ3n) is 9.61. The average molecular weight is 535 g/mol. The first-order valence-corrected chi connectivity index (χ1v) is 14.8. The van der Waals surface area contributed by atoms with E-state index in [1.165, 1.54) is 23.9 Å². The number of alkyl halides is 2. The van der Waals surface area contributed by atoms with Gasteiger partial charge in [-0.3, -0.25) is 9.69 Å². The molecule has 1 N–H and O–H groups in total. The third-order valence-corrected chi connectivity index (χ3v) is 9.61. The number of para-hydroxylation sites is 2. The number of imidazole rings is 1. The number of carbonyl (C=O) groups is 1. The van der Waals surface area contributed by atoms with Crippen LogP contribution in [0.4, 0.5) is 8.78 Å². The Morgan fingerprint density at radius 3 is 2.36 bits per heavy atom. The van der Waals surface area contributed by atoms with E-state index in [9.17, 15) is 13.6 Å². The number of rotatable bonds is 8. The maximum atomic E-state index is 13.6. The van der Waals surface area contributed by atoms with Gasteiger partial charge in [-0.05, 0) is 76.1 Å². The smallest absolute Gasteiger partial charge is 0.248 e. The van der Waals surface area contributed by atoms with Crippen molar-refractivity contribution in [1.82, 2.24) is 19.8 Å². The minimum absolute atomic E-state index is 0.0600. The molecule has 2 aliphatic heterocycles. The summed E-state index contributed by atoms with van der Waals surface area (Å²) in [7, 11) is 0. The summed E-state index contributed by atoms with van der Waals surface area (Å²) in [5.74, 6) is -1.65. The highest BCUT2D eigenvalue weighted by molar-refractivity contribution is 5.78. The molecule has 2 saturated heterocycles. The molecule has 3 fully saturated rings. The van der Waals surface area contributed by atoms with Crippen LogP contribution >= 0.6 is 0 Å². The first-order valence-electron chi connectivity index (χ1n) is 14.8. The highest BCUT2D eigenvalue weighted by atomic mass is 19.3. The van der Waals surface area contributed by atoms with Crippen LogP contribution in [0.1, 0.15) is 81.1 Å². The van der Waals surface area contributed by atoms with Gasteiger partial charge in [0.25, 0.3) is 0 Å². The van der Waals surface area contributed by atoms with E-state index in [4.69, 9.17) is 4.98 Å². The fourth-order valence-corrected chi connectivity index (χ4v) is 7.53. The van der Waals surface area contributed by atoms with Crippen molar-refractivity contribution in [3.05, 3.63) is 66.0 Å². The minimum Gasteiger partial charge on any atom is -0.355 e. The van der Waals surface area contributed by atoms with Crippen molar-refractivity contribution in [3.8, 4) is 0 Å². The van der Waals surface area contributed by atoms with Gasteiger partial charge in [-0.25, -0.2) is 13.8 Å². The van der Waals surface area contributed by atoms with Gasteiger partial charge in [0.1, 0.15) is 5.82 Å². The zero-order valence-electron chi connectivity index (χ0n) is 22.9. The first kappa shape index (κ1) is 26.4. The van der Waals surface area contributed by atoms with Crippen molar-refractivity contribution in [2.75, 3.05) is 13.1 Å². The van der Waals surface area contributed by atoms with Crippen LogP contribution in [0.25, 0.3) is 11.0 Å². The molecule has 208 valence electrons. The zero-order chi connectivity index (χ0) is 27.0. The standard InChI is InChI=1S/C32H40F2N4O/c1-22-36-29-9-5-6-10-30(29)38(22)28-19-26-11-12-27(20-28)37(26)18-15-25(23-7-3-2-4-8-23)21-35-31(39)24-13-16-32(33,34)17-14-24/h2-10,24-28H,11-21H2,1H3,(H,35,39)/t25?,26-,27+,28?. The van der Waals surface area contributed by atoms with Gasteiger partial charge in [0, 0.05) is 49.3 Å². The van der Waals surface area contributed by atoms with E-state index in [1.54, 1.807) is 0 Å². The molecule has 4 atom stereocenters. The molecule has 3 heterocycles. The molecular formula is C32H40F2N4O. The number of aromatic nitrogens is 2. The SMILES string of the molecule is Cc1nc2ccccc2n1C1C[C@H]2CC[C@@H](C1)N2CCC(CNC(=O)C1CCC(F)(F)CC1)c1ccccc1. The molecule has 2 unspecified atom stereocenters. The molecule has 1 saturated carbocycles. The van der Waals surface area contributed by atoms with Crippen molar-refractivity contribution >= 4 is 16.9 Å². The Labute approximate surface area is 230 Å². The average Bonchev–Trinajstić information content (AvgIpc) is 3.39. The van der Waals surface area contributed by atoms with Gasteiger partial charge in [0.05, 0.1) is 11.0 Å². The normalized spacial score (nSPS) is 26.1. The number of carbonyl (C=O) groups excluding carboxylic acids is 1. The summed E-state index contributed by atoms with van der Waals surface area (Å²) in [4.78, 5) is 20.4. The van der Waals surface area contributed by atoms with Gasteiger partial charge in [-0.2, -0.15) is 0 Å². The summed E-state index contributed by atoms with van der Waals surface area (Å²) in [5, 5.41) is 3.14. The lowest BCUT2D eigenvalue weighted by Gasteiger charge is -2.40. The molecule has 3 aromatic rings. The highest BCUT2D eigenvalue weighted by Crippen LogP contribution is 2.43. The van der Waals surface area contributed by atoms with Gasteiger partial charge in [0.2, 0.25) is 11.8 Å². The molecule has 2 bridgehead atoms. The Kier molecular flexibility index (Phi) is 7.45. The topological polar surface area (TPSA) is 50.2 Å². The van der Waals surface area contributed by atoms with Gasteiger partial charge < -0.3 is 9.88 Å². The number of aryl methyl sites for hydroxylation is 1. The number of halogens is 2. The van der Waals surface area contributed by atoms with Crippen molar-refractivity contribution in [1.29, 1.82) is 0 Å². The first-order chi connectivity index (χ1) is 18.9. The molecule has 1 aliphatic carbocycles. The third kappa shape index (κ3) is 5.60. The summed E-state index contributed by atoms with van der Waals surface area (Å²) in [6.45, 7) is 3.70. The van der Waals surface area contributed by atoms with Crippen LogP contribution < -0.4 is 5.32 Å². The van der Waals surface area contributed by atoms with Crippen LogP contribution in [0.2, 0.25) is 0 Å². The predicted molar refractivity (Wildman–Crippen MR) is 150 cm³/mol. The number of hydrogen-bond donors (Lipinski definition) is 1. The van der Waals surface area contributed by atoms with Gasteiger partial charge in [-0.15, -0.1) is 0 Å². The summed E-state index contributed by atoms with van der Waals surface area (Å²) in [6, 6.07) is 20.5. The van der Waals surface area contributed by atoms with E-state index < -0.39 is 5.92 Å². The lowest BCUT2D eigenvalue weighted by molar-refractivity contribution is -0.129. The summed E-state index contributed by atoms with van der Waals surface area (Å²) in [6.07, 6.45) is 5.95. The number of fused-ring (bicyclic) bond motifs is 3. The van der Waals surface area contributed by atoms with Crippen LogP contribution in [0, 0.1) is 12.8 Å². The largest absolute Gasteiger partial charge is 0.355 e. The lowest BCUT2D eigenvalue weighted by Crippen LogP contribution is -2.44. The van der Waals surface area contributed by atoms with Gasteiger partial charge in [0.15, 0.2) is 0 Å². The van der Waals surface area contributed by atoms with E-state index in [0.717, 1.165) is 37.1 Å². The molecule has 0 radical (unpaired) electrons. The van der Waals surface area contributed by atoms with Crippen molar-refractivity contribution < 1.29 is 13.6 Å². The number of nitrogens with zero attached hydrogens (tertiary/aromatic N) is 3. The second-order valence-electron chi connectivity index (χ2n) is 12.0. The molecule has 3 aliphatic rings. The van der Waals surface area contributed by atoms with E-state index >= 15 is 0 Å². The van der Waals surface area contributed by atoms with Crippen molar-refractivity contribution in [2.24, 2.45) is 5.92 Å². The predicted octanol–water partition coefficient (Wildman–Crippen LogP) is 6.63. The monoisotopic (exact) mass is 534 g/mol. The Hall–Kier alpha value is -2.80. The molecule has 1 aromatic heterocycles. The second kappa shape index (κ2) is 11.0. The summed E-state index contributed by atoms with van der Waals surface area (Å²) in [5.41, 5.74) is 3.56. The molecule has 7 heteroatoms. The van der Waals surface area contributed by atoms with Gasteiger partial charge in [-0.1, -0.05) is 42.5 Å². The molecule has 5 nitrogen and oxygen atoms in total. The fraction of sp³-hybridized carbons (Fsp3) is 0.562. The van der Waals surface area contributed by atoms with Crippen LogP contribution in [0.15, 0.2) is 54.6 Å². The highest BCUT2D eigenvalue weighted by Gasteiger charge is 2.42. The summed E-state index contributed by atoms with van der Waals surface area (Å²) >= 11 is 0. The minimum atomic E-state index is -2.61. The lowest BCUT2D eigenvalue weighted by atomic mass is 9.86. The Bertz CT molecular complexity index is 1270. The molecule has 0 spiro atoms. The van der Waals surface area contributed by atoms with Crippen LogP contribution in [0.3, 0.4) is 0 Å². The van der Waals surface area contributed by atoms with Crippen LogP contribution in [0.5, 0.6) is 0 Å². The molecular weight excluding hydrogens is 494 g/mol. The molecule has 1 amide bonds. The van der Waals surface area contributed by atoms with E-state index in [0.29, 0.717) is 24.7 Å². The second-order valence-corrected chi connectivity index (χ2v) is 12.0. The quantitative estimate of drug-likeness (QED) is 0.353. The van der Waals surface area contributed by atoms with Crippen LogP contribution in [-0.4, -0.2) is 51.5 Å². The summed E-state index contributed by atoms with van der Waals surface area (Å²) < 4.78 is 29.6. The number of hydrogen-bond acceptors (Lipinski definition) is 3. The number of nitrogens with one attached hydrogen (secondary N) is 1. The maximum Gasteiger partial charge on any atom is 0.248 e. The molecule has 39 heavy (non-hydrogen) atoms. The molecule has 2 aromatic carbocycles. The van der Waals surface area contributed by atoms with Crippen molar-refractivity contribution in [2.45, 2.75) is 94.7 Å². The fourth-order valence-electron chi connectivity index (χ4n) is 7.53. The Balaban J connectivity index is 1.09. The Morgan fingerprint density at radius 1 is 0.974 bits per heavy atom. The van der Waals surface area contributed by atoms with Crippen LogP contribution in [-0.2, 0) is 4.79 Å². The van der Waals surface area contributed by atoms with E-state index in [-0.39, 0.29) is 43.4 Å². The number of benzene rings is 2. The number of amides is 1. The van der Waals surface area contributed by atoms with E-state index in [1.807, 2.05) is 6.07 Å². The number of piperidine rings is 1. The van der Waals surface area contributed by atoms with Gasteiger partial charge >= 0.3 is 0 Å². The Morgan fingerprint density at radius 2 is 1.64 bits per heavy atom. The zero-order valence-corrected chi connectivity index (χ0v) is 22.9. The molecule has 6 rings (SSSR count). The van der Waals surface area contributed by atoms with E-state index in [2.05, 4.69) is 70.2 Å².